The Morgan fingerprint density at radius 1 is 1.15 bits per heavy atom. The lowest BCUT2D eigenvalue weighted by molar-refractivity contribution is 0.0917. The molecule has 3 rings (SSSR count). The number of halogens is 1. The molecular weight excluding hydrogens is 378 g/mol. The van der Waals surface area contributed by atoms with E-state index in [0.29, 0.717) is 31.2 Å². The van der Waals surface area contributed by atoms with Crippen molar-refractivity contribution in [1.29, 1.82) is 0 Å². The van der Waals surface area contributed by atoms with Crippen LogP contribution in [0.25, 0.3) is 0 Å². The molecular formula is C17H20ClN3O4S. The van der Waals surface area contributed by atoms with Crippen molar-refractivity contribution in [2.45, 2.75) is 11.6 Å². The summed E-state index contributed by atoms with van der Waals surface area (Å²) in [4.78, 5) is 14.3. The van der Waals surface area contributed by atoms with Crippen molar-refractivity contribution in [2.75, 3.05) is 33.2 Å². The van der Waals surface area contributed by atoms with Crippen LogP contribution in [0.4, 0.5) is 0 Å². The van der Waals surface area contributed by atoms with Crippen LogP contribution in [0.3, 0.4) is 0 Å². The van der Waals surface area contributed by atoms with Gasteiger partial charge in [0.15, 0.2) is 5.76 Å². The van der Waals surface area contributed by atoms with E-state index in [1.165, 1.54) is 16.4 Å². The number of furan rings is 1. The SMILES string of the molecule is CN1CCN(S(=O)(=O)c2ccc(C(=O)NCc3ccccc3Cl)o2)CC1. The molecule has 1 saturated heterocycles. The summed E-state index contributed by atoms with van der Waals surface area (Å²) in [6.45, 7) is 2.33. The van der Waals surface area contributed by atoms with Crippen LogP contribution in [-0.2, 0) is 16.6 Å². The minimum atomic E-state index is -3.73. The quantitative estimate of drug-likeness (QED) is 0.831. The molecule has 1 aromatic carbocycles. The first-order chi connectivity index (χ1) is 12.4. The molecule has 2 heterocycles. The predicted molar refractivity (Wildman–Crippen MR) is 97.6 cm³/mol. The highest BCUT2D eigenvalue weighted by molar-refractivity contribution is 7.89. The monoisotopic (exact) mass is 397 g/mol. The summed E-state index contributed by atoms with van der Waals surface area (Å²) < 4.78 is 31.9. The molecule has 26 heavy (non-hydrogen) atoms. The fourth-order valence-electron chi connectivity index (χ4n) is 2.64. The molecule has 0 radical (unpaired) electrons. The zero-order valence-electron chi connectivity index (χ0n) is 14.3. The summed E-state index contributed by atoms with van der Waals surface area (Å²) in [5, 5.41) is 3.00. The zero-order chi connectivity index (χ0) is 18.7. The van der Waals surface area contributed by atoms with Gasteiger partial charge in [-0.15, -0.1) is 0 Å². The maximum absolute atomic E-state index is 12.6. The zero-order valence-corrected chi connectivity index (χ0v) is 15.9. The van der Waals surface area contributed by atoms with E-state index >= 15 is 0 Å². The van der Waals surface area contributed by atoms with E-state index < -0.39 is 15.9 Å². The molecule has 9 heteroatoms. The number of carbonyl (C=O) groups excluding carboxylic acids is 1. The molecule has 0 unspecified atom stereocenters. The summed E-state index contributed by atoms with van der Waals surface area (Å²) in [6, 6.07) is 9.84. The second-order valence-corrected chi connectivity index (χ2v) is 8.38. The lowest BCUT2D eigenvalue weighted by Crippen LogP contribution is -2.46. The average molecular weight is 398 g/mol. The number of likely N-dealkylation sites (N-methyl/N-ethyl adjacent to an activating group) is 1. The summed E-state index contributed by atoms with van der Waals surface area (Å²) in [5.41, 5.74) is 0.763. The van der Waals surface area contributed by atoms with Crippen molar-refractivity contribution in [3.8, 4) is 0 Å². The van der Waals surface area contributed by atoms with Gasteiger partial charge in [-0.3, -0.25) is 4.79 Å². The molecule has 140 valence electrons. The molecule has 1 fully saturated rings. The largest absolute Gasteiger partial charge is 0.438 e. The third-order valence-electron chi connectivity index (χ3n) is 4.26. The van der Waals surface area contributed by atoms with Crippen molar-refractivity contribution < 1.29 is 17.6 Å². The highest BCUT2D eigenvalue weighted by Gasteiger charge is 2.30. The van der Waals surface area contributed by atoms with Crippen molar-refractivity contribution in [3.63, 3.8) is 0 Å². The van der Waals surface area contributed by atoms with E-state index in [4.69, 9.17) is 16.0 Å². The number of hydrogen-bond acceptors (Lipinski definition) is 5. The van der Waals surface area contributed by atoms with Crippen LogP contribution in [0, 0.1) is 0 Å². The van der Waals surface area contributed by atoms with Crippen LogP contribution in [0.2, 0.25) is 5.02 Å². The summed E-state index contributed by atoms with van der Waals surface area (Å²) in [7, 11) is -1.79. The number of sulfonamides is 1. The topological polar surface area (TPSA) is 82.9 Å². The maximum Gasteiger partial charge on any atom is 0.287 e. The van der Waals surface area contributed by atoms with Gasteiger partial charge in [0.2, 0.25) is 5.09 Å². The molecule has 1 aliphatic heterocycles. The lowest BCUT2D eigenvalue weighted by Gasteiger charge is -2.30. The summed E-state index contributed by atoms with van der Waals surface area (Å²) in [6.07, 6.45) is 0. The molecule has 7 nitrogen and oxygen atoms in total. The van der Waals surface area contributed by atoms with Crippen LogP contribution in [0.5, 0.6) is 0 Å². The van der Waals surface area contributed by atoms with Gasteiger partial charge in [-0.05, 0) is 30.8 Å². The van der Waals surface area contributed by atoms with E-state index in [0.717, 1.165) is 5.56 Å². The van der Waals surface area contributed by atoms with Crippen molar-refractivity contribution in [1.82, 2.24) is 14.5 Å². The van der Waals surface area contributed by atoms with Crippen molar-refractivity contribution in [3.05, 3.63) is 52.7 Å². The number of benzene rings is 1. The minimum absolute atomic E-state index is 0.0512. The Kier molecular flexibility index (Phi) is 5.67. The van der Waals surface area contributed by atoms with E-state index in [1.807, 2.05) is 13.1 Å². The number of piperazine rings is 1. The molecule has 0 bridgehead atoms. The molecule has 1 amide bonds. The van der Waals surface area contributed by atoms with Crippen LogP contribution in [0.15, 0.2) is 45.9 Å². The second kappa shape index (κ2) is 7.79. The fourth-order valence-corrected chi connectivity index (χ4v) is 4.18. The Morgan fingerprint density at radius 2 is 1.85 bits per heavy atom. The third kappa shape index (κ3) is 4.09. The highest BCUT2D eigenvalue weighted by Crippen LogP contribution is 2.20. The predicted octanol–water partition coefficient (Wildman–Crippen LogP) is 1.80. The molecule has 1 N–H and O–H groups in total. The van der Waals surface area contributed by atoms with Crippen LogP contribution in [-0.4, -0.2) is 56.8 Å². The van der Waals surface area contributed by atoms with Gasteiger partial charge in [0.25, 0.3) is 15.9 Å². The molecule has 0 spiro atoms. The first-order valence-corrected chi connectivity index (χ1v) is 10.00. The molecule has 1 aliphatic rings. The van der Waals surface area contributed by atoms with Crippen molar-refractivity contribution >= 4 is 27.5 Å². The Morgan fingerprint density at radius 3 is 2.54 bits per heavy atom. The fraction of sp³-hybridized carbons (Fsp3) is 0.353. The first kappa shape index (κ1) is 18.9. The van der Waals surface area contributed by atoms with Crippen LogP contribution in [0.1, 0.15) is 16.1 Å². The second-order valence-electron chi connectivity index (χ2n) is 6.10. The first-order valence-electron chi connectivity index (χ1n) is 8.18. The van der Waals surface area contributed by atoms with Gasteiger partial charge < -0.3 is 14.6 Å². The number of nitrogens with zero attached hydrogens (tertiary/aromatic N) is 2. The van der Waals surface area contributed by atoms with E-state index in [2.05, 4.69) is 10.2 Å². The maximum atomic E-state index is 12.6. The summed E-state index contributed by atoms with van der Waals surface area (Å²) >= 11 is 6.05. The standard InChI is InChI=1S/C17H20ClN3O4S/c1-20-8-10-21(11-9-20)26(23,24)16-7-6-15(25-16)17(22)19-12-13-4-2-3-5-14(13)18/h2-7H,8-12H2,1H3,(H,19,22). The van der Waals surface area contributed by atoms with E-state index in [-0.39, 0.29) is 17.4 Å². The van der Waals surface area contributed by atoms with Gasteiger partial charge in [-0.2, -0.15) is 4.31 Å². The molecule has 0 saturated carbocycles. The van der Waals surface area contributed by atoms with Crippen LogP contribution < -0.4 is 5.32 Å². The van der Waals surface area contributed by atoms with Gasteiger partial charge in [-0.25, -0.2) is 8.42 Å². The summed E-state index contributed by atoms with van der Waals surface area (Å²) in [5.74, 6) is -0.547. The van der Waals surface area contributed by atoms with Gasteiger partial charge in [0.05, 0.1) is 0 Å². The van der Waals surface area contributed by atoms with Gasteiger partial charge in [0, 0.05) is 37.7 Å². The normalized spacial score (nSPS) is 16.5. The smallest absolute Gasteiger partial charge is 0.287 e. The Hall–Kier alpha value is -1.87. The van der Waals surface area contributed by atoms with Gasteiger partial charge in [0.1, 0.15) is 0 Å². The molecule has 1 aromatic heterocycles. The number of carbonyl (C=O) groups is 1. The van der Waals surface area contributed by atoms with E-state index in [1.54, 1.807) is 18.2 Å². The Bertz CT molecular complexity index is 889. The molecule has 0 aliphatic carbocycles. The highest BCUT2D eigenvalue weighted by atomic mass is 35.5. The van der Waals surface area contributed by atoms with Crippen LogP contribution >= 0.6 is 11.6 Å². The molecule has 0 atom stereocenters. The lowest BCUT2D eigenvalue weighted by atomic mass is 10.2. The molecule has 2 aromatic rings. The third-order valence-corrected chi connectivity index (χ3v) is 6.40. The minimum Gasteiger partial charge on any atom is -0.438 e. The Labute approximate surface area is 157 Å². The van der Waals surface area contributed by atoms with Gasteiger partial charge in [-0.1, -0.05) is 29.8 Å². The van der Waals surface area contributed by atoms with Gasteiger partial charge >= 0.3 is 0 Å². The number of nitrogens with one attached hydrogen (secondary N) is 1. The number of hydrogen-bond donors (Lipinski definition) is 1. The van der Waals surface area contributed by atoms with E-state index in [9.17, 15) is 13.2 Å². The van der Waals surface area contributed by atoms with Crippen molar-refractivity contribution in [2.24, 2.45) is 0 Å². The average Bonchev–Trinajstić information content (AvgIpc) is 3.12. The number of amides is 1. The Balaban J connectivity index is 1.67. The number of rotatable bonds is 5.